The minimum atomic E-state index is 0.779. The fourth-order valence-electron chi connectivity index (χ4n) is 4.29. The first-order valence-corrected chi connectivity index (χ1v) is 9.40. The molecule has 0 aromatic carbocycles. The second-order valence-electron chi connectivity index (χ2n) is 7.25. The minimum Gasteiger partial charge on any atom is -0.314 e. The molecule has 1 heterocycles. The van der Waals surface area contributed by atoms with E-state index in [2.05, 4.69) is 36.0 Å². The summed E-state index contributed by atoms with van der Waals surface area (Å²) in [7, 11) is 2.29. The third-order valence-corrected chi connectivity index (χ3v) is 5.60. The van der Waals surface area contributed by atoms with Crippen molar-refractivity contribution in [2.24, 2.45) is 5.92 Å². The highest BCUT2D eigenvalue weighted by Gasteiger charge is 2.28. The molecule has 3 heteroatoms. The Morgan fingerprint density at radius 2 is 1.95 bits per heavy atom. The van der Waals surface area contributed by atoms with Crippen molar-refractivity contribution >= 4 is 0 Å². The van der Waals surface area contributed by atoms with Crippen LogP contribution in [-0.4, -0.2) is 61.7 Å². The van der Waals surface area contributed by atoms with E-state index in [4.69, 9.17) is 0 Å². The van der Waals surface area contributed by atoms with Crippen LogP contribution in [0.5, 0.6) is 0 Å². The Bertz CT molecular complexity index is 282. The van der Waals surface area contributed by atoms with Crippen LogP contribution >= 0.6 is 0 Å². The van der Waals surface area contributed by atoms with Gasteiger partial charge < -0.3 is 10.2 Å². The Morgan fingerprint density at radius 1 is 1.10 bits per heavy atom. The Kier molecular flexibility index (Phi) is 7.48. The van der Waals surface area contributed by atoms with Gasteiger partial charge in [0, 0.05) is 18.6 Å². The number of hydrogen-bond donors (Lipinski definition) is 1. The molecule has 1 saturated carbocycles. The topological polar surface area (TPSA) is 18.5 Å². The second kappa shape index (κ2) is 9.12. The lowest BCUT2D eigenvalue weighted by Gasteiger charge is -2.32. The fraction of sp³-hybridized carbons (Fsp3) is 1.00. The summed E-state index contributed by atoms with van der Waals surface area (Å²) >= 11 is 0. The van der Waals surface area contributed by atoms with Gasteiger partial charge in [-0.25, -0.2) is 0 Å². The van der Waals surface area contributed by atoms with Gasteiger partial charge in [0.05, 0.1) is 0 Å². The van der Waals surface area contributed by atoms with Crippen LogP contribution in [0.15, 0.2) is 0 Å². The summed E-state index contributed by atoms with van der Waals surface area (Å²) in [5.74, 6) is 0.926. The minimum absolute atomic E-state index is 0.779. The third-order valence-electron chi connectivity index (χ3n) is 5.60. The zero-order valence-corrected chi connectivity index (χ0v) is 14.6. The van der Waals surface area contributed by atoms with Gasteiger partial charge in [-0.05, 0) is 77.7 Å². The number of hydrogen-bond acceptors (Lipinski definition) is 3. The summed E-state index contributed by atoms with van der Waals surface area (Å²) in [6.07, 6.45) is 9.60. The van der Waals surface area contributed by atoms with E-state index in [-0.39, 0.29) is 0 Å². The largest absolute Gasteiger partial charge is 0.314 e. The molecule has 3 nitrogen and oxygen atoms in total. The Hall–Kier alpha value is -0.120. The highest BCUT2D eigenvalue weighted by Crippen LogP contribution is 2.29. The lowest BCUT2D eigenvalue weighted by molar-refractivity contribution is 0.168. The molecule has 124 valence electrons. The zero-order valence-electron chi connectivity index (χ0n) is 14.6. The zero-order chi connectivity index (χ0) is 15.1. The van der Waals surface area contributed by atoms with Gasteiger partial charge in [0.2, 0.25) is 0 Å². The lowest BCUT2D eigenvalue weighted by atomic mass is 9.98. The van der Waals surface area contributed by atoms with Gasteiger partial charge >= 0.3 is 0 Å². The second-order valence-corrected chi connectivity index (χ2v) is 7.25. The van der Waals surface area contributed by atoms with E-state index >= 15 is 0 Å². The predicted molar refractivity (Wildman–Crippen MR) is 91.8 cm³/mol. The molecule has 3 atom stereocenters. The molecule has 21 heavy (non-hydrogen) atoms. The van der Waals surface area contributed by atoms with Crippen molar-refractivity contribution in [3.05, 3.63) is 0 Å². The van der Waals surface area contributed by atoms with Gasteiger partial charge in [0.25, 0.3) is 0 Å². The van der Waals surface area contributed by atoms with Crippen molar-refractivity contribution in [3.8, 4) is 0 Å². The molecule has 2 fully saturated rings. The lowest BCUT2D eigenvalue weighted by Crippen LogP contribution is -2.42. The number of rotatable bonds is 7. The van der Waals surface area contributed by atoms with Crippen molar-refractivity contribution in [3.63, 3.8) is 0 Å². The number of nitrogens with zero attached hydrogens (tertiary/aromatic N) is 2. The SMILES string of the molecule is CCCNC1CCCC1CCN1CCCN(C)CC1CC. The van der Waals surface area contributed by atoms with Crippen molar-refractivity contribution in [2.75, 3.05) is 39.8 Å². The normalized spacial score (nSPS) is 32.4. The molecule has 2 aliphatic rings. The van der Waals surface area contributed by atoms with Gasteiger partial charge in [-0.15, -0.1) is 0 Å². The van der Waals surface area contributed by atoms with Crippen LogP contribution in [0, 0.1) is 5.92 Å². The van der Waals surface area contributed by atoms with Crippen LogP contribution in [0.4, 0.5) is 0 Å². The monoisotopic (exact) mass is 295 g/mol. The summed E-state index contributed by atoms with van der Waals surface area (Å²) in [5.41, 5.74) is 0. The molecule has 0 bridgehead atoms. The molecule has 0 aromatic rings. The summed E-state index contributed by atoms with van der Waals surface area (Å²) < 4.78 is 0. The van der Waals surface area contributed by atoms with Gasteiger partial charge in [-0.2, -0.15) is 0 Å². The molecular formula is C18H37N3. The Balaban J connectivity index is 1.79. The van der Waals surface area contributed by atoms with Gasteiger partial charge in [-0.1, -0.05) is 20.3 Å². The van der Waals surface area contributed by atoms with Crippen LogP contribution in [0.2, 0.25) is 0 Å². The smallest absolute Gasteiger partial charge is 0.0220 e. The number of likely N-dealkylation sites (N-methyl/N-ethyl adjacent to an activating group) is 1. The van der Waals surface area contributed by atoms with Crippen molar-refractivity contribution < 1.29 is 0 Å². The Labute approximate surface area is 132 Å². The molecule has 1 N–H and O–H groups in total. The third kappa shape index (κ3) is 5.22. The summed E-state index contributed by atoms with van der Waals surface area (Å²) in [4.78, 5) is 5.31. The molecule has 0 spiro atoms. The average molecular weight is 296 g/mol. The van der Waals surface area contributed by atoms with Crippen LogP contribution in [-0.2, 0) is 0 Å². The summed E-state index contributed by atoms with van der Waals surface area (Å²) in [6.45, 7) is 11.0. The molecule has 1 aliphatic carbocycles. The van der Waals surface area contributed by atoms with E-state index < -0.39 is 0 Å². The standard InChI is InChI=1S/C18H37N3/c1-4-11-19-18-9-6-8-16(18)10-14-21-13-7-12-20(3)15-17(21)5-2/h16-19H,4-15H2,1-3H3. The van der Waals surface area contributed by atoms with Crippen molar-refractivity contribution in [2.45, 2.75) is 70.9 Å². The maximum Gasteiger partial charge on any atom is 0.0220 e. The van der Waals surface area contributed by atoms with E-state index in [9.17, 15) is 0 Å². The molecule has 1 aliphatic heterocycles. The van der Waals surface area contributed by atoms with Crippen LogP contribution in [0.1, 0.15) is 58.8 Å². The first-order valence-electron chi connectivity index (χ1n) is 9.40. The maximum atomic E-state index is 3.79. The summed E-state index contributed by atoms with van der Waals surface area (Å²) in [6, 6.07) is 1.58. The van der Waals surface area contributed by atoms with Gasteiger partial charge in [0.1, 0.15) is 0 Å². The van der Waals surface area contributed by atoms with E-state index in [0.717, 1.165) is 18.0 Å². The van der Waals surface area contributed by atoms with E-state index in [1.54, 1.807) is 0 Å². The molecular weight excluding hydrogens is 258 g/mol. The first kappa shape index (κ1) is 17.2. The molecule has 0 aromatic heterocycles. The quantitative estimate of drug-likeness (QED) is 0.779. The average Bonchev–Trinajstić information content (AvgIpc) is 2.85. The molecule has 3 unspecified atom stereocenters. The van der Waals surface area contributed by atoms with Gasteiger partial charge in [-0.3, -0.25) is 4.90 Å². The van der Waals surface area contributed by atoms with E-state index in [0.29, 0.717) is 0 Å². The van der Waals surface area contributed by atoms with Crippen LogP contribution < -0.4 is 5.32 Å². The molecule has 2 rings (SSSR count). The summed E-state index contributed by atoms with van der Waals surface area (Å²) in [5, 5.41) is 3.79. The Morgan fingerprint density at radius 3 is 2.71 bits per heavy atom. The van der Waals surface area contributed by atoms with E-state index in [1.807, 2.05) is 0 Å². The van der Waals surface area contributed by atoms with Crippen LogP contribution in [0.3, 0.4) is 0 Å². The molecule has 0 radical (unpaired) electrons. The fourth-order valence-corrected chi connectivity index (χ4v) is 4.29. The van der Waals surface area contributed by atoms with Crippen LogP contribution in [0.25, 0.3) is 0 Å². The van der Waals surface area contributed by atoms with Gasteiger partial charge in [0.15, 0.2) is 0 Å². The van der Waals surface area contributed by atoms with Crippen molar-refractivity contribution in [1.29, 1.82) is 0 Å². The van der Waals surface area contributed by atoms with Crippen molar-refractivity contribution in [1.82, 2.24) is 15.1 Å². The maximum absolute atomic E-state index is 3.79. The molecule has 1 saturated heterocycles. The highest BCUT2D eigenvalue weighted by atomic mass is 15.2. The highest BCUT2D eigenvalue weighted by molar-refractivity contribution is 4.85. The van der Waals surface area contributed by atoms with E-state index in [1.165, 1.54) is 77.7 Å². The first-order chi connectivity index (χ1) is 10.2. The molecule has 0 amide bonds. The number of nitrogens with one attached hydrogen (secondary N) is 1. The predicted octanol–water partition coefficient (Wildman–Crippen LogP) is 2.96.